The second-order valence-corrected chi connectivity index (χ2v) is 9.02. The number of piperidine rings is 1. The van der Waals surface area contributed by atoms with Crippen LogP contribution in [0.5, 0.6) is 0 Å². The van der Waals surface area contributed by atoms with E-state index >= 15 is 0 Å². The van der Waals surface area contributed by atoms with Crippen molar-refractivity contribution in [3.8, 4) is 0 Å². The molecule has 1 aromatic carbocycles. The van der Waals surface area contributed by atoms with E-state index in [9.17, 15) is 4.79 Å². The Hall–Kier alpha value is -1.43. The normalized spacial score (nSPS) is 21.4. The van der Waals surface area contributed by atoms with Gasteiger partial charge in [0.15, 0.2) is 0 Å². The third-order valence-electron chi connectivity index (χ3n) is 6.78. The summed E-state index contributed by atoms with van der Waals surface area (Å²) < 4.78 is 11.5. The SMILES string of the molecule is CCc1ccccc1C(=O)N1CCC2(CC1)CO[C@@H](CN(CCOC)C(C)C)C2. The molecule has 5 nitrogen and oxygen atoms in total. The molecule has 1 atom stereocenters. The van der Waals surface area contributed by atoms with E-state index in [1.54, 1.807) is 7.11 Å². The predicted molar refractivity (Wildman–Crippen MR) is 116 cm³/mol. The molecule has 1 amide bonds. The van der Waals surface area contributed by atoms with Gasteiger partial charge in [-0.15, -0.1) is 0 Å². The smallest absolute Gasteiger partial charge is 0.254 e. The van der Waals surface area contributed by atoms with E-state index in [-0.39, 0.29) is 17.4 Å². The molecule has 2 saturated heterocycles. The lowest BCUT2D eigenvalue weighted by atomic mass is 9.76. The van der Waals surface area contributed by atoms with E-state index in [0.717, 1.165) is 76.2 Å². The van der Waals surface area contributed by atoms with E-state index in [1.165, 1.54) is 0 Å². The fourth-order valence-electron chi connectivity index (χ4n) is 4.78. The summed E-state index contributed by atoms with van der Waals surface area (Å²) in [4.78, 5) is 17.5. The lowest BCUT2D eigenvalue weighted by Gasteiger charge is -2.39. The molecule has 3 rings (SSSR count). The standard InChI is InChI=1S/C24H38N2O3/c1-5-20-8-6-7-9-22(20)23(27)25-12-10-24(11-13-25)16-21(29-18-24)17-26(19(2)3)14-15-28-4/h6-9,19,21H,5,10-18H2,1-4H3/t21-/m1/s1. The summed E-state index contributed by atoms with van der Waals surface area (Å²) in [7, 11) is 1.76. The Labute approximate surface area is 176 Å². The number of ether oxygens (including phenoxy) is 2. The Balaban J connectivity index is 1.54. The number of methoxy groups -OCH3 is 1. The van der Waals surface area contributed by atoms with Crippen molar-refractivity contribution in [1.29, 1.82) is 0 Å². The number of rotatable bonds is 8. The van der Waals surface area contributed by atoms with E-state index in [0.29, 0.717) is 6.04 Å². The van der Waals surface area contributed by atoms with Crippen LogP contribution in [0.4, 0.5) is 0 Å². The Kier molecular flexibility index (Phi) is 7.72. The average Bonchev–Trinajstić information content (AvgIpc) is 3.13. The Morgan fingerprint density at radius 3 is 2.69 bits per heavy atom. The maximum Gasteiger partial charge on any atom is 0.254 e. The van der Waals surface area contributed by atoms with Crippen molar-refractivity contribution in [3.63, 3.8) is 0 Å². The summed E-state index contributed by atoms with van der Waals surface area (Å²) >= 11 is 0. The summed E-state index contributed by atoms with van der Waals surface area (Å²) in [6.45, 7) is 11.8. The quantitative estimate of drug-likeness (QED) is 0.666. The summed E-state index contributed by atoms with van der Waals surface area (Å²) in [6.07, 6.45) is 4.38. The van der Waals surface area contributed by atoms with Gasteiger partial charge in [-0.25, -0.2) is 0 Å². The van der Waals surface area contributed by atoms with Gasteiger partial charge in [-0.1, -0.05) is 25.1 Å². The minimum atomic E-state index is 0.193. The highest BCUT2D eigenvalue weighted by molar-refractivity contribution is 5.95. The number of aryl methyl sites for hydroxylation is 1. The summed E-state index contributed by atoms with van der Waals surface area (Å²) in [5.74, 6) is 0.193. The van der Waals surface area contributed by atoms with Gasteiger partial charge in [0, 0.05) is 44.9 Å². The van der Waals surface area contributed by atoms with Crippen LogP contribution >= 0.6 is 0 Å². The molecular weight excluding hydrogens is 364 g/mol. The number of likely N-dealkylation sites (tertiary alicyclic amines) is 1. The number of amides is 1. The maximum atomic E-state index is 13.0. The van der Waals surface area contributed by atoms with E-state index in [1.807, 2.05) is 23.1 Å². The van der Waals surface area contributed by atoms with Crippen LogP contribution in [-0.2, 0) is 15.9 Å². The minimum absolute atomic E-state index is 0.193. The Morgan fingerprint density at radius 2 is 2.03 bits per heavy atom. The zero-order valence-corrected chi connectivity index (χ0v) is 18.7. The van der Waals surface area contributed by atoms with Crippen molar-refractivity contribution < 1.29 is 14.3 Å². The number of carbonyl (C=O) groups is 1. The highest BCUT2D eigenvalue weighted by atomic mass is 16.5. The van der Waals surface area contributed by atoms with Crippen molar-refractivity contribution in [2.45, 2.75) is 58.6 Å². The molecule has 1 aromatic rings. The number of carbonyl (C=O) groups excluding carboxylic acids is 1. The molecule has 1 spiro atoms. The molecule has 2 heterocycles. The molecule has 0 aliphatic carbocycles. The Morgan fingerprint density at radius 1 is 1.31 bits per heavy atom. The first-order valence-electron chi connectivity index (χ1n) is 11.2. The molecule has 0 aromatic heterocycles. The lowest BCUT2D eigenvalue weighted by Crippen LogP contribution is -2.44. The Bertz CT molecular complexity index is 668. The average molecular weight is 403 g/mol. The maximum absolute atomic E-state index is 13.0. The molecule has 2 aliphatic rings. The van der Waals surface area contributed by atoms with Crippen molar-refractivity contribution in [3.05, 3.63) is 35.4 Å². The zero-order chi connectivity index (χ0) is 20.9. The second kappa shape index (κ2) is 10.1. The summed E-state index contributed by atoms with van der Waals surface area (Å²) in [5.41, 5.74) is 2.26. The van der Waals surface area contributed by atoms with Crippen molar-refractivity contribution >= 4 is 5.91 Å². The van der Waals surface area contributed by atoms with Crippen LogP contribution in [0.2, 0.25) is 0 Å². The highest BCUT2D eigenvalue weighted by Crippen LogP contribution is 2.42. The molecule has 0 bridgehead atoms. The first kappa shape index (κ1) is 22.3. The second-order valence-electron chi connectivity index (χ2n) is 9.02. The van der Waals surface area contributed by atoms with Gasteiger partial charge in [0.2, 0.25) is 0 Å². The van der Waals surface area contributed by atoms with Crippen molar-refractivity contribution in [2.75, 3.05) is 46.5 Å². The van der Waals surface area contributed by atoms with Gasteiger partial charge < -0.3 is 14.4 Å². The van der Waals surface area contributed by atoms with Gasteiger partial charge in [-0.2, -0.15) is 0 Å². The molecule has 162 valence electrons. The highest BCUT2D eigenvalue weighted by Gasteiger charge is 2.43. The molecule has 0 saturated carbocycles. The topological polar surface area (TPSA) is 42.0 Å². The van der Waals surface area contributed by atoms with Gasteiger partial charge in [0.25, 0.3) is 5.91 Å². The van der Waals surface area contributed by atoms with Crippen LogP contribution in [0.3, 0.4) is 0 Å². The van der Waals surface area contributed by atoms with Gasteiger partial charge in [0.1, 0.15) is 0 Å². The zero-order valence-electron chi connectivity index (χ0n) is 18.7. The molecular formula is C24H38N2O3. The van der Waals surface area contributed by atoms with Crippen LogP contribution in [0.15, 0.2) is 24.3 Å². The molecule has 0 unspecified atom stereocenters. The van der Waals surface area contributed by atoms with Crippen molar-refractivity contribution in [2.24, 2.45) is 5.41 Å². The number of nitrogens with zero attached hydrogens (tertiary/aromatic N) is 2. The number of hydrogen-bond donors (Lipinski definition) is 0. The van der Waals surface area contributed by atoms with Crippen LogP contribution in [0.25, 0.3) is 0 Å². The van der Waals surface area contributed by atoms with Gasteiger partial charge in [-0.05, 0) is 56.6 Å². The number of benzene rings is 1. The first-order valence-corrected chi connectivity index (χ1v) is 11.2. The number of hydrogen-bond acceptors (Lipinski definition) is 4. The monoisotopic (exact) mass is 402 g/mol. The summed E-state index contributed by atoms with van der Waals surface area (Å²) in [6, 6.07) is 8.52. The van der Waals surface area contributed by atoms with E-state index in [2.05, 4.69) is 31.7 Å². The molecule has 0 N–H and O–H groups in total. The van der Waals surface area contributed by atoms with Crippen LogP contribution in [-0.4, -0.2) is 74.4 Å². The van der Waals surface area contributed by atoms with Gasteiger partial charge in [0.05, 0.1) is 19.3 Å². The first-order chi connectivity index (χ1) is 14.0. The molecule has 5 heteroatoms. The van der Waals surface area contributed by atoms with Crippen LogP contribution < -0.4 is 0 Å². The van der Waals surface area contributed by atoms with E-state index < -0.39 is 0 Å². The van der Waals surface area contributed by atoms with Gasteiger partial charge >= 0.3 is 0 Å². The fraction of sp³-hybridized carbons (Fsp3) is 0.708. The van der Waals surface area contributed by atoms with E-state index in [4.69, 9.17) is 9.47 Å². The van der Waals surface area contributed by atoms with Crippen LogP contribution in [0, 0.1) is 5.41 Å². The molecule has 2 aliphatic heterocycles. The van der Waals surface area contributed by atoms with Gasteiger partial charge in [-0.3, -0.25) is 9.69 Å². The summed E-state index contributed by atoms with van der Waals surface area (Å²) in [5, 5.41) is 0. The molecule has 0 radical (unpaired) electrons. The molecule has 29 heavy (non-hydrogen) atoms. The van der Waals surface area contributed by atoms with Crippen LogP contribution in [0.1, 0.15) is 56.0 Å². The predicted octanol–water partition coefficient (Wildman–Crippen LogP) is 3.62. The third kappa shape index (κ3) is 5.39. The molecule has 2 fully saturated rings. The fourth-order valence-corrected chi connectivity index (χ4v) is 4.78. The third-order valence-corrected chi connectivity index (χ3v) is 6.78. The largest absolute Gasteiger partial charge is 0.383 e. The lowest BCUT2D eigenvalue weighted by molar-refractivity contribution is 0.0366. The minimum Gasteiger partial charge on any atom is -0.383 e. The van der Waals surface area contributed by atoms with Crippen molar-refractivity contribution in [1.82, 2.24) is 9.80 Å².